The van der Waals surface area contributed by atoms with Crippen molar-refractivity contribution in [3.8, 4) is 16.9 Å². The molecule has 3 atom stereocenters. The molecule has 0 aromatic carbocycles. The lowest BCUT2D eigenvalue weighted by Gasteiger charge is -2.39. The molecule has 11 nitrogen and oxygen atoms in total. The van der Waals surface area contributed by atoms with Gasteiger partial charge in [0.2, 0.25) is 5.91 Å². The third-order valence-corrected chi connectivity index (χ3v) is 7.38. The van der Waals surface area contributed by atoms with Gasteiger partial charge in [-0.05, 0) is 44.7 Å². The van der Waals surface area contributed by atoms with E-state index in [2.05, 4.69) is 15.2 Å². The number of carbonyl (C=O) groups is 2. The molecule has 2 aliphatic heterocycles. The number of nitrogens with zero attached hydrogens (tertiary/aromatic N) is 7. The predicted octanol–water partition coefficient (Wildman–Crippen LogP) is 1.99. The van der Waals surface area contributed by atoms with Crippen molar-refractivity contribution in [3.63, 3.8) is 0 Å². The Morgan fingerprint density at radius 1 is 1.14 bits per heavy atom. The number of aliphatic hydroxyl groups is 1. The van der Waals surface area contributed by atoms with Gasteiger partial charge in [-0.1, -0.05) is 6.07 Å². The van der Waals surface area contributed by atoms with Crippen LogP contribution >= 0.6 is 0 Å². The Balaban J connectivity index is 1.43. The zero-order chi connectivity index (χ0) is 25.0. The molecule has 2 aliphatic rings. The molecule has 6 rings (SSSR count). The molecular weight excluding hydrogens is 460 g/mol. The first kappa shape index (κ1) is 22.4. The largest absolute Gasteiger partial charge is 0.387 e. The predicted molar refractivity (Wildman–Crippen MR) is 130 cm³/mol. The van der Waals surface area contributed by atoms with Gasteiger partial charge >= 0.3 is 0 Å². The van der Waals surface area contributed by atoms with Crippen molar-refractivity contribution in [2.24, 2.45) is 0 Å². The summed E-state index contributed by atoms with van der Waals surface area (Å²) in [4.78, 5) is 36.2. The van der Waals surface area contributed by atoms with E-state index >= 15 is 0 Å². The first-order chi connectivity index (χ1) is 17.5. The molecule has 2 saturated heterocycles. The number of pyridine rings is 1. The van der Waals surface area contributed by atoms with E-state index in [1.807, 2.05) is 29.3 Å². The minimum Gasteiger partial charge on any atom is -0.387 e. The summed E-state index contributed by atoms with van der Waals surface area (Å²) in [6, 6.07) is 5.64. The molecule has 36 heavy (non-hydrogen) atoms. The highest BCUT2D eigenvalue weighted by atomic mass is 16.3. The van der Waals surface area contributed by atoms with Gasteiger partial charge in [0.1, 0.15) is 12.4 Å². The van der Waals surface area contributed by atoms with Gasteiger partial charge in [-0.25, -0.2) is 14.6 Å². The van der Waals surface area contributed by atoms with Crippen molar-refractivity contribution < 1.29 is 14.7 Å². The molecule has 184 valence electrons. The first-order valence-electron chi connectivity index (χ1n) is 12.0. The van der Waals surface area contributed by atoms with Crippen LogP contribution in [0.1, 0.15) is 54.6 Å². The fraction of sp³-hybridized carbons (Fsp3) is 0.360. The molecule has 0 spiro atoms. The average molecular weight is 487 g/mol. The molecule has 1 amide bonds. The molecule has 3 N–H and O–H groups in total. The molecule has 0 saturated carbocycles. The second-order valence-electron chi connectivity index (χ2n) is 9.48. The molecular formula is C25H26N8O3. The van der Waals surface area contributed by atoms with Crippen LogP contribution < -0.4 is 5.73 Å². The Labute approximate surface area is 206 Å². The molecule has 11 heteroatoms. The number of ketones is 1. The Hall–Kier alpha value is -4.12. The monoisotopic (exact) mass is 486 g/mol. The maximum atomic E-state index is 12.7. The molecule has 0 unspecified atom stereocenters. The number of rotatable bonds is 5. The summed E-state index contributed by atoms with van der Waals surface area (Å²) in [5, 5.41) is 18.3. The summed E-state index contributed by atoms with van der Waals surface area (Å²) in [5.41, 5.74) is 9.64. The Kier molecular flexibility index (Phi) is 5.29. The molecule has 2 bridgehead atoms. The van der Waals surface area contributed by atoms with Gasteiger partial charge in [0.25, 0.3) is 0 Å². The summed E-state index contributed by atoms with van der Waals surface area (Å²) in [7, 11) is 0. The average Bonchev–Trinajstić information content (AvgIpc) is 3.60. The zero-order valence-electron chi connectivity index (χ0n) is 19.8. The number of nitrogens with two attached hydrogens (primary N) is 1. The van der Waals surface area contributed by atoms with Crippen LogP contribution in [0.15, 0.2) is 43.0 Å². The molecule has 4 aromatic heterocycles. The Morgan fingerprint density at radius 3 is 2.58 bits per heavy atom. The molecule has 4 aromatic rings. The summed E-state index contributed by atoms with van der Waals surface area (Å²) in [6.45, 7) is 1.00. The van der Waals surface area contributed by atoms with Gasteiger partial charge < -0.3 is 15.7 Å². The normalized spacial score (nSPS) is 21.3. The van der Waals surface area contributed by atoms with Crippen LogP contribution in [0.3, 0.4) is 0 Å². The number of hydrogen-bond donors (Lipinski definition) is 2. The highest BCUT2D eigenvalue weighted by Gasteiger charge is 2.44. The molecule has 6 heterocycles. The number of amides is 1. The number of fused-ring (bicyclic) bond motifs is 3. The number of hydrogen-bond acceptors (Lipinski definition) is 8. The second-order valence-corrected chi connectivity index (χ2v) is 9.48. The lowest BCUT2D eigenvalue weighted by Crippen LogP contribution is -2.47. The fourth-order valence-electron chi connectivity index (χ4n) is 5.86. The van der Waals surface area contributed by atoms with Crippen molar-refractivity contribution in [1.82, 2.24) is 34.3 Å². The van der Waals surface area contributed by atoms with Gasteiger partial charge in [-0.15, -0.1) is 0 Å². The highest BCUT2D eigenvalue weighted by molar-refractivity contribution is 6.00. The van der Waals surface area contributed by atoms with Gasteiger partial charge in [-0.3, -0.25) is 9.59 Å². The van der Waals surface area contributed by atoms with Crippen LogP contribution in [0.2, 0.25) is 0 Å². The van der Waals surface area contributed by atoms with E-state index in [1.54, 1.807) is 23.3 Å². The van der Waals surface area contributed by atoms with Gasteiger partial charge in [-0.2, -0.15) is 14.7 Å². The van der Waals surface area contributed by atoms with E-state index in [0.29, 0.717) is 35.6 Å². The summed E-state index contributed by atoms with van der Waals surface area (Å²) < 4.78 is 3.19. The Morgan fingerprint density at radius 2 is 1.92 bits per heavy atom. The van der Waals surface area contributed by atoms with Crippen molar-refractivity contribution in [2.75, 3.05) is 12.3 Å². The zero-order valence-corrected chi connectivity index (χ0v) is 19.8. The lowest BCUT2D eigenvalue weighted by atomic mass is 9.85. The lowest BCUT2D eigenvalue weighted by molar-refractivity contribution is -0.138. The van der Waals surface area contributed by atoms with Gasteiger partial charge in [0.05, 0.1) is 23.7 Å². The number of anilines is 1. The number of nitrogen functional groups attached to an aromatic ring is 1. The van der Waals surface area contributed by atoms with Crippen molar-refractivity contribution >= 4 is 23.2 Å². The van der Waals surface area contributed by atoms with Crippen LogP contribution in [0.25, 0.3) is 22.6 Å². The molecule has 0 aliphatic carbocycles. The number of Topliss-reactive ketones (excluding diaryl/α,β-unsaturated/α-hetero) is 1. The van der Waals surface area contributed by atoms with E-state index < -0.39 is 6.61 Å². The van der Waals surface area contributed by atoms with Gasteiger partial charge in [0.15, 0.2) is 17.2 Å². The quantitative estimate of drug-likeness (QED) is 0.408. The van der Waals surface area contributed by atoms with Crippen molar-refractivity contribution in [3.05, 3.63) is 54.2 Å². The smallest absolute Gasteiger partial charge is 0.248 e. The van der Waals surface area contributed by atoms with Crippen LogP contribution in [-0.4, -0.2) is 69.7 Å². The van der Waals surface area contributed by atoms with Crippen LogP contribution in [0.5, 0.6) is 0 Å². The molecule has 2 fully saturated rings. The van der Waals surface area contributed by atoms with Crippen LogP contribution in [-0.2, 0) is 4.79 Å². The number of aromatic nitrogens is 6. The van der Waals surface area contributed by atoms with E-state index in [-0.39, 0.29) is 35.5 Å². The SMILES string of the molecule is CC(=O)c1c([C@@H]2C[C@H]3CC[C@@H](C2)N3C(=O)CO)nc2c(-c3cnn(-c4ccccn4)c3)cnn2c1N. The van der Waals surface area contributed by atoms with E-state index in [1.165, 1.54) is 11.4 Å². The maximum Gasteiger partial charge on any atom is 0.248 e. The fourth-order valence-corrected chi connectivity index (χ4v) is 5.86. The summed E-state index contributed by atoms with van der Waals surface area (Å²) in [5.74, 6) is 0.506. The number of carbonyl (C=O) groups excluding carboxylic acids is 2. The van der Waals surface area contributed by atoms with Gasteiger partial charge in [0, 0.05) is 41.5 Å². The highest BCUT2D eigenvalue weighted by Crippen LogP contribution is 2.44. The maximum absolute atomic E-state index is 12.7. The standard InChI is InChI=1S/C25H26N8O3/c1-14(35)22-23(15-8-17-5-6-18(9-15)32(17)21(36)13-34)30-25-19(11-29-33(25)24(22)26)16-10-28-31(12-16)20-4-2-3-7-27-20/h2-4,7,10-12,15,17-18,34H,5-6,8-9,13,26H2,1H3/t15-,17-,18+. The summed E-state index contributed by atoms with van der Waals surface area (Å²) in [6.07, 6.45) is 10.1. The number of piperidine rings is 1. The van der Waals surface area contributed by atoms with Crippen LogP contribution in [0.4, 0.5) is 5.82 Å². The molecule has 0 radical (unpaired) electrons. The number of aliphatic hydroxyl groups excluding tert-OH is 1. The van der Waals surface area contributed by atoms with E-state index in [0.717, 1.165) is 24.0 Å². The third kappa shape index (κ3) is 3.46. The van der Waals surface area contributed by atoms with Crippen molar-refractivity contribution in [2.45, 2.75) is 50.6 Å². The second kappa shape index (κ2) is 8.52. The Bertz CT molecular complexity index is 1460. The van der Waals surface area contributed by atoms with E-state index in [9.17, 15) is 14.7 Å². The summed E-state index contributed by atoms with van der Waals surface area (Å²) >= 11 is 0. The van der Waals surface area contributed by atoms with Crippen LogP contribution in [0, 0.1) is 0 Å². The topological polar surface area (TPSA) is 145 Å². The minimum absolute atomic E-state index is 0.0217. The third-order valence-electron chi connectivity index (χ3n) is 7.38. The minimum atomic E-state index is -0.487. The van der Waals surface area contributed by atoms with Crippen molar-refractivity contribution in [1.29, 1.82) is 0 Å². The van der Waals surface area contributed by atoms with E-state index in [4.69, 9.17) is 10.7 Å². The first-order valence-corrected chi connectivity index (χ1v) is 12.0.